The van der Waals surface area contributed by atoms with Gasteiger partial charge in [0.1, 0.15) is 5.75 Å². The number of nitrogens with zero attached hydrogens (tertiary/aromatic N) is 1. The van der Waals surface area contributed by atoms with Gasteiger partial charge in [0.25, 0.3) is 0 Å². The molecule has 1 aromatic carbocycles. The summed E-state index contributed by atoms with van der Waals surface area (Å²) in [5.74, 6) is 0.870. The highest BCUT2D eigenvalue weighted by Crippen LogP contribution is 2.31. The molecule has 0 aliphatic heterocycles. The summed E-state index contributed by atoms with van der Waals surface area (Å²) in [7, 11) is 1.68. The molecule has 0 bridgehead atoms. The molecule has 1 unspecified atom stereocenters. The Bertz CT molecular complexity index is 653. The summed E-state index contributed by atoms with van der Waals surface area (Å²) in [5.41, 5.74) is 9.83. The van der Waals surface area contributed by atoms with Gasteiger partial charge in [0.05, 0.1) is 7.11 Å². The van der Waals surface area contributed by atoms with Crippen LogP contribution in [0.4, 0.5) is 0 Å². The molecule has 0 fully saturated rings. The molecule has 0 saturated heterocycles. The molecule has 0 aliphatic carbocycles. The van der Waals surface area contributed by atoms with Crippen LogP contribution >= 0.6 is 11.6 Å². The van der Waals surface area contributed by atoms with Crippen LogP contribution < -0.4 is 10.5 Å². The number of methoxy groups -OCH3 is 1. The number of aromatic nitrogens is 1. The molecule has 0 radical (unpaired) electrons. The van der Waals surface area contributed by atoms with Crippen molar-refractivity contribution in [1.29, 1.82) is 0 Å². The van der Waals surface area contributed by atoms with Crippen molar-refractivity contribution >= 4 is 11.6 Å². The van der Waals surface area contributed by atoms with E-state index in [1.165, 1.54) is 0 Å². The van der Waals surface area contributed by atoms with Crippen LogP contribution in [0.3, 0.4) is 0 Å². The van der Waals surface area contributed by atoms with E-state index in [9.17, 15) is 0 Å². The van der Waals surface area contributed by atoms with Gasteiger partial charge in [-0.05, 0) is 32.4 Å². The quantitative estimate of drug-likeness (QED) is 0.935. The number of hydrogen-bond acceptors (Lipinski definition) is 3. The first-order valence-corrected chi connectivity index (χ1v) is 7.27. The van der Waals surface area contributed by atoms with Gasteiger partial charge < -0.3 is 10.5 Å². The smallest absolute Gasteiger partial charge is 0.128 e. The fourth-order valence-electron chi connectivity index (χ4n) is 2.62. The van der Waals surface area contributed by atoms with Gasteiger partial charge in [0.15, 0.2) is 0 Å². The molecular weight excluding hydrogens is 284 g/mol. The van der Waals surface area contributed by atoms with Crippen molar-refractivity contribution in [2.45, 2.75) is 32.7 Å². The Morgan fingerprint density at radius 1 is 1.29 bits per heavy atom. The summed E-state index contributed by atoms with van der Waals surface area (Å²) in [6, 6.07) is 7.67. The zero-order valence-electron chi connectivity index (χ0n) is 12.9. The Labute approximate surface area is 131 Å². The maximum absolute atomic E-state index is 6.50. The van der Waals surface area contributed by atoms with Crippen molar-refractivity contribution in [3.8, 4) is 5.75 Å². The van der Waals surface area contributed by atoms with Crippen LogP contribution in [-0.4, -0.2) is 12.1 Å². The molecule has 0 aliphatic rings. The average molecular weight is 305 g/mol. The number of rotatable bonds is 4. The topological polar surface area (TPSA) is 48.1 Å². The minimum absolute atomic E-state index is 0.587. The van der Waals surface area contributed by atoms with Gasteiger partial charge in [-0.1, -0.05) is 29.8 Å². The highest BCUT2D eigenvalue weighted by molar-refractivity contribution is 6.31. The van der Waals surface area contributed by atoms with E-state index < -0.39 is 5.54 Å². The van der Waals surface area contributed by atoms with E-state index in [1.807, 2.05) is 51.2 Å². The van der Waals surface area contributed by atoms with Crippen LogP contribution in [0.25, 0.3) is 0 Å². The molecular formula is C17H21ClN2O. The van der Waals surface area contributed by atoms with Crippen LogP contribution in [0.15, 0.2) is 30.5 Å². The lowest BCUT2D eigenvalue weighted by atomic mass is 9.87. The van der Waals surface area contributed by atoms with Gasteiger partial charge in [0.2, 0.25) is 0 Å². The SMILES string of the molecule is COc1c(C)cnc(CC(C)(N)c2ccccc2Cl)c1C. The molecule has 4 heteroatoms. The zero-order valence-corrected chi connectivity index (χ0v) is 13.7. The van der Waals surface area contributed by atoms with Crippen molar-refractivity contribution in [3.63, 3.8) is 0 Å². The third kappa shape index (κ3) is 3.20. The number of aryl methyl sites for hydroxylation is 1. The second-order valence-electron chi connectivity index (χ2n) is 5.62. The largest absolute Gasteiger partial charge is 0.496 e. The third-order valence-electron chi connectivity index (χ3n) is 3.77. The maximum atomic E-state index is 6.50. The van der Waals surface area contributed by atoms with E-state index in [-0.39, 0.29) is 0 Å². The van der Waals surface area contributed by atoms with Crippen LogP contribution in [-0.2, 0) is 12.0 Å². The van der Waals surface area contributed by atoms with E-state index in [4.69, 9.17) is 22.1 Å². The molecule has 0 saturated carbocycles. The minimum atomic E-state index is -0.587. The first kappa shape index (κ1) is 15.8. The van der Waals surface area contributed by atoms with Gasteiger partial charge in [-0.2, -0.15) is 0 Å². The summed E-state index contributed by atoms with van der Waals surface area (Å²) in [6.45, 7) is 5.97. The first-order valence-electron chi connectivity index (χ1n) is 6.89. The Balaban J connectivity index is 2.40. The van der Waals surface area contributed by atoms with Gasteiger partial charge in [-0.3, -0.25) is 4.98 Å². The number of ether oxygens (including phenoxy) is 1. The number of halogens is 1. The first-order chi connectivity index (χ1) is 9.86. The van der Waals surface area contributed by atoms with E-state index >= 15 is 0 Å². The standard InChI is InChI=1S/C17H21ClN2O/c1-11-10-20-15(12(2)16(11)21-4)9-17(3,19)13-7-5-6-8-14(13)18/h5-8,10H,9,19H2,1-4H3. The van der Waals surface area contributed by atoms with E-state index in [1.54, 1.807) is 7.11 Å². The fraction of sp³-hybridized carbons (Fsp3) is 0.353. The van der Waals surface area contributed by atoms with Crippen LogP contribution in [0.2, 0.25) is 5.02 Å². The normalized spacial score (nSPS) is 13.8. The molecule has 21 heavy (non-hydrogen) atoms. The van der Waals surface area contributed by atoms with Crippen molar-refractivity contribution in [2.24, 2.45) is 5.73 Å². The van der Waals surface area contributed by atoms with Crippen LogP contribution in [0.5, 0.6) is 5.75 Å². The molecule has 1 atom stereocenters. The predicted octanol–water partition coefficient (Wildman–Crippen LogP) is 3.78. The lowest BCUT2D eigenvalue weighted by Crippen LogP contribution is -2.36. The molecule has 1 heterocycles. The Kier molecular flexibility index (Phi) is 4.55. The van der Waals surface area contributed by atoms with Gasteiger partial charge in [0, 0.05) is 40.0 Å². The molecule has 0 amide bonds. The number of benzene rings is 1. The fourth-order valence-corrected chi connectivity index (χ4v) is 2.97. The molecule has 3 nitrogen and oxygen atoms in total. The molecule has 0 spiro atoms. The second-order valence-corrected chi connectivity index (χ2v) is 6.03. The summed E-state index contributed by atoms with van der Waals surface area (Å²) >= 11 is 6.27. The lowest BCUT2D eigenvalue weighted by Gasteiger charge is -2.27. The zero-order chi connectivity index (χ0) is 15.6. The maximum Gasteiger partial charge on any atom is 0.128 e. The van der Waals surface area contributed by atoms with Crippen molar-refractivity contribution in [2.75, 3.05) is 7.11 Å². The predicted molar refractivity (Wildman–Crippen MR) is 87.0 cm³/mol. The van der Waals surface area contributed by atoms with Crippen LogP contribution in [0, 0.1) is 13.8 Å². The lowest BCUT2D eigenvalue weighted by molar-refractivity contribution is 0.404. The van der Waals surface area contributed by atoms with Crippen molar-refractivity contribution in [1.82, 2.24) is 4.98 Å². The number of pyridine rings is 1. The second kappa shape index (κ2) is 6.04. The summed E-state index contributed by atoms with van der Waals surface area (Å²) in [5, 5.41) is 0.680. The molecule has 2 rings (SSSR count). The highest BCUT2D eigenvalue weighted by Gasteiger charge is 2.26. The minimum Gasteiger partial charge on any atom is -0.496 e. The molecule has 112 valence electrons. The van der Waals surface area contributed by atoms with E-state index in [0.29, 0.717) is 11.4 Å². The van der Waals surface area contributed by atoms with Crippen molar-refractivity contribution < 1.29 is 4.74 Å². The van der Waals surface area contributed by atoms with E-state index in [0.717, 1.165) is 28.1 Å². The monoisotopic (exact) mass is 304 g/mol. The summed E-state index contributed by atoms with van der Waals surface area (Å²) in [4.78, 5) is 4.52. The summed E-state index contributed by atoms with van der Waals surface area (Å²) < 4.78 is 5.45. The summed E-state index contributed by atoms with van der Waals surface area (Å²) in [6.07, 6.45) is 2.42. The number of hydrogen-bond donors (Lipinski definition) is 1. The highest BCUT2D eigenvalue weighted by atomic mass is 35.5. The van der Waals surface area contributed by atoms with E-state index in [2.05, 4.69) is 4.98 Å². The van der Waals surface area contributed by atoms with Crippen LogP contribution in [0.1, 0.15) is 29.3 Å². The molecule has 2 aromatic rings. The average Bonchev–Trinajstić information content (AvgIpc) is 2.43. The molecule has 2 N–H and O–H groups in total. The molecule has 1 aromatic heterocycles. The van der Waals surface area contributed by atoms with Crippen molar-refractivity contribution in [3.05, 3.63) is 57.9 Å². The van der Waals surface area contributed by atoms with Gasteiger partial charge in [-0.25, -0.2) is 0 Å². The Hall–Kier alpha value is -1.58. The Morgan fingerprint density at radius 3 is 2.57 bits per heavy atom. The van der Waals surface area contributed by atoms with Gasteiger partial charge >= 0.3 is 0 Å². The Morgan fingerprint density at radius 2 is 1.95 bits per heavy atom. The third-order valence-corrected chi connectivity index (χ3v) is 4.10. The number of nitrogens with two attached hydrogens (primary N) is 1. The van der Waals surface area contributed by atoms with Gasteiger partial charge in [-0.15, -0.1) is 0 Å².